The summed E-state index contributed by atoms with van der Waals surface area (Å²) in [6, 6.07) is 11.7. The van der Waals surface area contributed by atoms with Gasteiger partial charge in [0.15, 0.2) is 11.5 Å². The molecule has 0 amide bonds. The smallest absolute Gasteiger partial charge is 0.453 e. The molecular formula is C20H20ClNO7. The topological polar surface area (TPSA) is 125 Å². The number of carboxylic acid groups (broad SMARTS) is 2. The molecule has 8 nitrogen and oxygen atoms in total. The van der Waals surface area contributed by atoms with Crippen LogP contribution in [0.1, 0.15) is 24.2 Å². The van der Waals surface area contributed by atoms with Gasteiger partial charge in [-0.2, -0.15) is 0 Å². The van der Waals surface area contributed by atoms with Gasteiger partial charge in [-0.1, -0.05) is 29.8 Å². The summed E-state index contributed by atoms with van der Waals surface area (Å²) in [5, 5.41) is 32.4. The Balaban J connectivity index is 1.61. The largest absolute Gasteiger partial charge is 0.475 e. The summed E-state index contributed by atoms with van der Waals surface area (Å²) < 4.78 is 10.1. The minimum absolute atomic E-state index is 0.0343. The van der Waals surface area contributed by atoms with Crippen molar-refractivity contribution in [2.45, 2.75) is 31.3 Å². The Morgan fingerprint density at radius 2 is 1.79 bits per heavy atom. The number of halogens is 1. The maximum atomic E-state index is 11.3. The van der Waals surface area contributed by atoms with Gasteiger partial charge in [-0.25, -0.2) is 9.59 Å². The molecule has 1 aliphatic rings. The second-order valence-electron chi connectivity index (χ2n) is 6.80. The molecule has 2 aromatic rings. The summed E-state index contributed by atoms with van der Waals surface area (Å²) >= 11 is 5.94. The van der Waals surface area contributed by atoms with Gasteiger partial charge in [0.25, 0.3) is 0 Å². The van der Waals surface area contributed by atoms with Crippen molar-refractivity contribution in [2.75, 3.05) is 6.54 Å². The molecule has 3 rings (SSSR count). The molecule has 0 saturated heterocycles. The third kappa shape index (κ3) is 4.45. The van der Waals surface area contributed by atoms with Crippen LogP contribution in [-0.4, -0.2) is 45.6 Å². The average molecular weight is 422 g/mol. The van der Waals surface area contributed by atoms with Crippen LogP contribution in [-0.2, 0) is 16.0 Å². The molecule has 154 valence electrons. The summed E-state index contributed by atoms with van der Waals surface area (Å²) in [6.45, 7) is 2.24. The van der Waals surface area contributed by atoms with Crippen LogP contribution in [0.5, 0.6) is 11.5 Å². The molecule has 1 heterocycles. The van der Waals surface area contributed by atoms with E-state index in [1.807, 2.05) is 6.92 Å². The van der Waals surface area contributed by atoms with E-state index in [9.17, 15) is 24.9 Å². The van der Waals surface area contributed by atoms with E-state index in [1.54, 1.807) is 36.4 Å². The van der Waals surface area contributed by atoms with Gasteiger partial charge in [-0.05, 0) is 48.7 Å². The fourth-order valence-electron chi connectivity index (χ4n) is 3.01. The van der Waals surface area contributed by atoms with E-state index < -0.39 is 23.8 Å². The zero-order valence-electron chi connectivity index (χ0n) is 15.5. The highest BCUT2D eigenvalue weighted by Gasteiger charge is 2.57. The van der Waals surface area contributed by atoms with Crippen molar-refractivity contribution < 1.29 is 34.4 Å². The number of fused-ring (bicyclic) bond motifs is 1. The van der Waals surface area contributed by atoms with Gasteiger partial charge in [0.05, 0.1) is 6.10 Å². The fraction of sp³-hybridized carbons (Fsp3) is 0.300. The maximum absolute atomic E-state index is 11.3. The molecule has 0 spiro atoms. The third-order valence-electron chi connectivity index (χ3n) is 4.51. The highest BCUT2D eigenvalue weighted by atomic mass is 35.5. The zero-order valence-corrected chi connectivity index (χ0v) is 16.2. The standard InChI is InChI=1S/C20H20ClNO7/c1-11(22-10-15(23)13-3-2-4-14(21)9-13)7-12-5-6-16-17(8-12)29-20(28-16,18(24)25)19(26)27/h2-6,8-9,11,15,22-23H,7,10H2,1H3,(H,24,25)(H,26,27)/t11-,15-/m1/s1. The highest BCUT2D eigenvalue weighted by molar-refractivity contribution is 6.30. The monoisotopic (exact) mass is 421 g/mol. The number of rotatable bonds is 8. The van der Waals surface area contributed by atoms with E-state index in [0.29, 0.717) is 23.6 Å². The molecule has 0 saturated carbocycles. The number of hydrogen-bond acceptors (Lipinski definition) is 6. The SMILES string of the molecule is C[C@H](Cc1ccc2c(c1)OC(C(=O)O)(C(=O)O)O2)NC[C@@H](O)c1cccc(Cl)c1. The first-order chi connectivity index (χ1) is 13.7. The molecular weight excluding hydrogens is 402 g/mol. The van der Waals surface area contributed by atoms with Gasteiger partial charge in [-0.15, -0.1) is 0 Å². The maximum Gasteiger partial charge on any atom is 0.453 e. The Labute approximate surface area is 171 Å². The predicted octanol–water partition coefficient (Wildman–Crippen LogP) is 2.23. The van der Waals surface area contributed by atoms with Gasteiger partial charge in [0.2, 0.25) is 0 Å². The molecule has 0 radical (unpaired) electrons. The number of carboxylic acids is 2. The highest BCUT2D eigenvalue weighted by Crippen LogP contribution is 2.40. The first kappa shape index (κ1) is 20.9. The lowest BCUT2D eigenvalue weighted by Gasteiger charge is -2.18. The van der Waals surface area contributed by atoms with E-state index in [0.717, 1.165) is 5.56 Å². The van der Waals surface area contributed by atoms with Crippen LogP contribution in [0.3, 0.4) is 0 Å². The number of benzene rings is 2. The number of nitrogens with one attached hydrogen (secondary N) is 1. The summed E-state index contributed by atoms with van der Waals surface area (Å²) in [5.74, 6) is -6.15. The van der Waals surface area contributed by atoms with Crippen LogP contribution in [0, 0.1) is 0 Å². The Hall–Kier alpha value is -2.81. The molecule has 0 aliphatic carbocycles. The Morgan fingerprint density at radius 1 is 1.10 bits per heavy atom. The quantitative estimate of drug-likeness (QED) is 0.478. The van der Waals surface area contributed by atoms with Crippen molar-refractivity contribution in [3.8, 4) is 11.5 Å². The third-order valence-corrected chi connectivity index (χ3v) is 4.75. The van der Waals surface area contributed by atoms with Crippen molar-refractivity contribution in [3.63, 3.8) is 0 Å². The second-order valence-corrected chi connectivity index (χ2v) is 7.23. The lowest BCUT2D eigenvalue weighted by Crippen LogP contribution is -2.54. The predicted molar refractivity (Wildman–Crippen MR) is 103 cm³/mol. The van der Waals surface area contributed by atoms with Crippen molar-refractivity contribution in [1.82, 2.24) is 5.32 Å². The van der Waals surface area contributed by atoms with E-state index in [2.05, 4.69) is 5.32 Å². The number of carbonyl (C=O) groups is 2. The minimum Gasteiger partial charge on any atom is -0.475 e. The minimum atomic E-state index is -2.77. The van der Waals surface area contributed by atoms with Gasteiger partial charge < -0.3 is 30.1 Å². The van der Waals surface area contributed by atoms with Gasteiger partial charge in [0.1, 0.15) is 0 Å². The van der Waals surface area contributed by atoms with Crippen LogP contribution >= 0.6 is 11.6 Å². The molecule has 1 aliphatic heterocycles. The van der Waals surface area contributed by atoms with Crippen LogP contribution in [0.15, 0.2) is 42.5 Å². The Kier molecular flexibility index (Phi) is 5.97. The number of aliphatic carboxylic acids is 2. The second kappa shape index (κ2) is 8.28. The van der Waals surface area contributed by atoms with Crippen LogP contribution in [0.2, 0.25) is 5.02 Å². The Bertz CT molecular complexity index is 919. The molecule has 2 atom stereocenters. The van der Waals surface area contributed by atoms with Crippen LogP contribution in [0.25, 0.3) is 0 Å². The number of ether oxygens (including phenoxy) is 2. The van der Waals surface area contributed by atoms with Crippen molar-refractivity contribution >= 4 is 23.5 Å². The summed E-state index contributed by atoms with van der Waals surface area (Å²) in [7, 11) is 0. The number of aliphatic hydroxyl groups is 1. The van der Waals surface area contributed by atoms with E-state index >= 15 is 0 Å². The van der Waals surface area contributed by atoms with Crippen LogP contribution in [0.4, 0.5) is 0 Å². The van der Waals surface area contributed by atoms with Gasteiger partial charge in [0, 0.05) is 17.6 Å². The van der Waals surface area contributed by atoms with Gasteiger partial charge in [-0.3, -0.25) is 0 Å². The van der Waals surface area contributed by atoms with Crippen molar-refractivity contribution in [2.24, 2.45) is 0 Å². The van der Waals surface area contributed by atoms with Crippen LogP contribution < -0.4 is 14.8 Å². The van der Waals surface area contributed by atoms with Gasteiger partial charge >= 0.3 is 17.7 Å². The van der Waals surface area contributed by atoms with E-state index in [-0.39, 0.29) is 17.5 Å². The number of hydrogen-bond donors (Lipinski definition) is 4. The molecule has 0 unspecified atom stereocenters. The normalized spacial score (nSPS) is 16.2. The summed E-state index contributed by atoms with van der Waals surface area (Å²) in [6.07, 6.45) is -0.189. The molecule has 0 aromatic heterocycles. The lowest BCUT2D eigenvalue weighted by molar-refractivity contribution is -0.194. The Morgan fingerprint density at radius 3 is 2.45 bits per heavy atom. The lowest BCUT2D eigenvalue weighted by atomic mass is 10.1. The van der Waals surface area contributed by atoms with Crippen molar-refractivity contribution in [1.29, 1.82) is 0 Å². The molecule has 4 N–H and O–H groups in total. The molecule has 0 fully saturated rings. The number of aliphatic hydroxyl groups excluding tert-OH is 1. The zero-order chi connectivity index (χ0) is 21.2. The van der Waals surface area contributed by atoms with E-state index in [1.165, 1.54) is 6.07 Å². The molecule has 0 bridgehead atoms. The first-order valence-corrected chi connectivity index (χ1v) is 9.23. The first-order valence-electron chi connectivity index (χ1n) is 8.86. The van der Waals surface area contributed by atoms with Crippen molar-refractivity contribution in [3.05, 3.63) is 58.6 Å². The van der Waals surface area contributed by atoms with E-state index in [4.69, 9.17) is 21.1 Å². The summed E-state index contributed by atoms with van der Waals surface area (Å²) in [5.41, 5.74) is 1.50. The fourth-order valence-corrected chi connectivity index (χ4v) is 3.21. The average Bonchev–Trinajstić information content (AvgIpc) is 3.06. The molecule has 9 heteroatoms. The summed E-state index contributed by atoms with van der Waals surface area (Å²) in [4.78, 5) is 22.6. The molecule has 2 aromatic carbocycles. The molecule has 29 heavy (non-hydrogen) atoms.